The Bertz CT molecular complexity index is 471. The van der Waals surface area contributed by atoms with E-state index in [1.165, 1.54) is 6.07 Å². The molecule has 0 aromatic heterocycles. The predicted octanol–water partition coefficient (Wildman–Crippen LogP) is 2.76. The first-order valence-corrected chi connectivity index (χ1v) is 6.44. The lowest BCUT2D eigenvalue weighted by Crippen LogP contribution is -2.30. The second-order valence-electron chi connectivity index (χ2n) is 4.69. The van der Waals surface area contributed by atoms with Gasteiger partial charge in [0, 0.05) is 6.54 Å². The Balaban J connectivity index is 2.36. The van der Waals surface area contributed by atoms with E-state index in [0.29, 0.717) is 24.9 Å². The summed E-state index contributed by atoms with van der Waals surface area (Å²) in [6, 6.07) is 4.05. The molecule has 1 rings (SSSR count). The number of anilines is 1. The molecule has 0 aliphatic carbocycles. The molecule has 5 nitrogen and oxygen atoms in total. The largest absolute Gasteiger partial charge is 0.481 e. The van der Waals surface area contributed by atoms with Crippen LogP contribution < -0.4 is 10.6 Å². The van der Waals surface area contributed by atoms with Crippen molar-refractivity contribution in [2.45, 2.75) is 26.7 Å². The normalized spacial score (nSPS) is 11.8. The van der Waals surface area contributed by atoms with Crippen LogP contribution in [0.5, 0.6) is 0 Å². The zero-order valence-electron chi connectivity index (χ0n) is 11.6. The van der Waals surface area contributed by atoms with Crippen molar-refractivity contribution in [2.24, 2.45) is 5.92 Å². The lowest BCUT2D eigenvalue weighted by molar-refractivity contribution is -0.141. The SMILES string of the molecule is Cc1cccc(F)c1NC(=O)NCCCC(C)C(=O)O. The number of urea groups is 1. The number of halogens is 1. The number of para-hydroxylation sites is 1. The Morgan fingerprint density at radius 3 is 2.70 bits per heavy atom. The van der Waals surface area contributed by atoms with Gasteiger partial charge in [0.1, 0.15) is 5.82 Å². The summed E-state index contributed by atoms with van der Waals surface area (Å²) in [6.07, 6.45) is 1.03. The quantitative estimate of drug-likeness (QED) is 0.702. The van der Waals surface area contributed by atoms with Crippen molar-refractivity contribution < 1.29 is 19.1 Å². The van der Waals surface area contributed by atoms with Crippen LogP contribution in [0.25, 0.3) is 0 Å². The number of hydrogen-bond donors (Lipinski definition) is 3. The van der Waals surface area contributed by atoms with Gasteiger partial charge < -0.3 is 15.7 Å². The van der Waals surface area contributed by atoms with E-state index in [1.54, 1.807) is 26.0 Å². The summed E-state index contributed by atoms with van der Waals surface area (Å²) in [5.74, 6) is -1.77. The minimum Gasteiger partial charge on any atom is -0.481 e. The first-order valence-electron chi connectivity index (χ1n) is 6.44. The number of rotatable bonds is 6. The molecule has 0 bridgehead atoms. The molecule has 0 fully saturated rings. The van der Waals surface area contributed by atoms with Crippen molar-refractivity contribution in [3.05, 3.63) is 29.6 Å². The van der Waals surface area contributed by atoms with Gasteiger partial charge in [0.15, 0.2) is 0 Å². The van der Waals surface area contributed by atoms with E-state index in [-0.39, 0.29) is 5.69 Å². The Kier molecular flexibility index (Phi) is 5.96. The predicted molar refractivity (Wildman–Crippen MR) is 74.2 cm³/mol. The molecule has 6 heteroatoms. The molecule has 0 saturated heterocycles. The highest BCUT2D eigenvalue weighted by Gasteiger charge is 2.11. The Morgan fingerprint density at radius 1 is 1.40 bits per heavy atom. The summed E-state index contributed by atoms with van der Waals surface area (Å²) < 4.78 is 13.5. The fraction of sp³-hybridized carbons (Fsp3) is 0.429. The number of amides is 2. The molecule has 0 aliphatic heterocycles. The topological polar surface area (TPSA) is 78.4 Å². The number of carboxylic acid groups (broad SMARTS) is 1. The van der Waals surface area contributed by atoms with Crippen LogP contribution in [0.3, 0.4) is 0 Å². The summed E-state index contributed by atoms with van der Waals surface area (Å²) in [7, 11) is 0. The highest BCUT2D eigenvalue weighted by molar-refractivity contribution is 5.90. The monoisotopic (exact) mass is 282 g/mol. The summed E-state index contributed by atoms with van der Waals surface area (Å²) in [6.45, 7) is 3.66. The minimum absolute atomic E-state index is 0.156. The van der Waals surface area contributed by atoms with Crippen LogP contribution in [0.2, 0.25) is 0 Å². The van der Waals surface area contributed by atoms with Gasteiger partial charge in [-0.1, -0.05) is 19.1 Å². The van der Waals surface area contributed by atoms with E-state index in [9.17, 15) is 14.0 Å². The van der Waals surface area contributed by atoms with E-state index in [1.807, 2.05) is 0 Å². The van der Waals surface area contributed by atoms with E-state index in [2.05, 4.69) is 10.6 Å². The molecule has 3 N–H and O–H groups in total. The zero-order chi connectivity index (χ0) is 15.1. The molecular formula is C14H19FN2O3. The van der Waals surface area contributed by atoms with Crippen LogP contribution in [0.1, 0.15) is 25.3 Å². The molecule has 1 unspecified atom stereocenters. The first-order chi connectivity index (χ1) is 9.41. The van der Waals surface area contributed by atoms with E-state index in [0.717, 1.165) is 0 Å². The number of carbonyl (C=O) groups excluding carboxylic acids is 1. The van der Waals surface area contributed by atoms with Crippen LogP contribution in [-0.4, -0.2) is 23.7 Å². The number of aryl methyl sites for hydroxylation is 1. The van der Waals surface area contributed by atoms with Gasteiger partial charge >= 0.3 is 12.0 Å². The van der Waals surface area contributed by atoms with Crippen molar-refractivity contribution in [1.82, 2.24) is 5.32 Å². The molecule has 0 saturated carbocycles. The maximum Gasteiger partial charge on any atom is 0.319 e. The van der Waals surface area contributed by atoms with Crippen LogP contribution in [0.4, 0.5) is 14.9 Å². The molecule has 1 atom stereocenters. The summed E-state index contributed by atoms with van der Waals surface area (Å²) >= 11 is 0. The summed E-state index contributed by atoms with van der Waals surface area (Å²) in [5, 5.41) is 13.7. The van der Waals surface area contributed by atoms with E-state index in [4.69, 9.17) is 5.11 Å². The average molecular weight is 282 g/mol. The Morgan fingerprint density at radius 2 is 2.10 bits per heavy atom. The fourth-order valence-electron chi connectivity index (χ4n) is 1.68. The van der Waals surface area contributed by atoms with Crippen LogP contribution in [0.15, 0.2) is 18.2 Å². The van der Waals surface area contributed by atoms with Crippen molar-refractivity contribution in [3.8, 4) is 0 Å². The van der Waals surface area contributed by atoms with Gasteiger partial charge in [0.25, 0.3) is 0 Å². The van der Waals surface area contributed by atoms with Crippen molar-refractivity contribution in [2.75, 3.05) is 11.9 Å². The zero-order valence-corrected chi connectivity index (χ0v) is 11.6. The Hall–Kier alpha value is -2.11. The maximum absolute atomic E-state index is 13.5. The smallest absolute Gasteiger partial charge is 0.319 e. The number of benzene rings is 1. The minimum atomic E-state index is -0.851. The highest BCUT2D eigenvalue weighted by atomic mass is 19.1. The van der Waals surface area contributed by atoms with Crippen molar-refractivity contribution in [1.29, 1.82) is 0 Å². The lowest BCUT2D eigenvalue weighted by atomic mass is 10.1. The molecule has 0 spiro atoms. The van der Waals surface area contributed by atoms with Gasteiger partial charge in [-0.05, 0) is 31.4 Å². The molecule has 0 heterocycles. The third-order valence-corrected chi connectivity index (χ3v) is 2.98. The van der Waals surface area contributed by atoms with Crippen LogP contribution in [0, 0.1) is 18.7 Å². The van der Waals surface area contributed by atoms with Crippen molar-refractivity contribution in [3.63, 3.8) is 0 Å². The van der Waals surface area contributed by atoms with Gasteiger partial charge in [-0.2, -0.15) is 0 Å². The molecule has 0 radical (unpaired) electrons. The standard InChI is InChI=1S/C14H19FN2O3/c1-9-5-3-7-11(15)12(9)17-14(20)16-8-4-6-10(2)13(18)19/h3,5,7,10H,4,6,8H2,1-2H3,(H,18,19)(H2,16,17,20). The van der Waals surface area contributed by atoms with Crippen molar-refractivity contribution >= 4 is 17.7 Å². The second kappa shape index (κ2) is 7.47. The Labute approximate surface area is 117 Å². The number of carbonyl (C=O) groups is 2. The number of carboxylic acids is 1. The molecule has 1 aromatic rings. The van der Waals surface area contributed by atoms with Gasteiger partial charge in [0.2, 0.25) is 0 Å². The van der Waals surface area contributed by atoms with Crippen LogP contribution in [-0.2, 0) is 4.79 Å². The molecule has 20 heavy (non-hydrogen) atoms. The van der Waals surface area contributed by atoms with Gasteiger partial charge in [-0.3, -0.25) is 4.79 Å². The maximum atomic E-state index is 13.5. The third kappa shape index (κ3) is 4.87. The fourth-order valence-corrected chi connectivity index (χ4v) is 1.68. The third-order valence-electron chi connectivity index (χ3n) is 2.98. The molecule has 2 amide bonds. The summed E-state index contributed by atoms with van der Waals surface area (Å²) in [5.41, 5.74) is 0.795. The number of hydrogen-bond acceptors (Lipinski definition) is 2. The number of nitrogens with one attached hydrogen (secondary N) is 2. The number of aliphatic carboxylic acids is 1. The molecule has 0 aliphatic rings. The summed E-state index contributed by atoms with van der Waals surface area (Å²) in [4.78, 5) is 22.2. The van der Waals surface area contributed by atoms with E-state index >= 15 is 0 Å². The molecular weight excluding hydrogens is 263 g/mol. The second-order valence-corrected chi connectivity index (χ2v) is 4.69. The van der Waals surface area contributed by atoms with Gasteiger partial charge in [-0.15, -0.1) is 0 Å². The van der Waals surface area contributed by atoms with Gasteiger partial charge in [-0.25, -0.2) is 9.18 Å². The van der Waals surface area contributed by atoms with E-state index < -0.39 is 23.7 Å². The molecule has 110 valence electrons. The average Bonchev–Trinajstić information content (AvgIpc) is 2.38. The highest BCUT2D eigenvalue weighted by Crippen LogP contribution is 2.18. The van der Waals surface area contributed by atoms with Crippen LogP contribution >= 0.6 is 0 Å². The lowest BCUT2D eigenvalue weighted by Gasteiger charge is -2.11. The first kappa shape index (κ1) is 15.9. The molecule has 1 aromatic carbocycles. The van der Waals surface area contributed by atoms with Gasteiger partial charge in [0.05, 0.1) is 11.6 Å².